The van der Waals surface area contributed by atoms with Crippen molar-refractivity contribution < 1.29 is 9.21 Å². The maximum Gasteiger partial charge on any atom is 0.233 e. The number of carbonyl (C=O) groups excluding carboxylic acids is 1. The minimum atomic E-state index is 0.0974. The molecule has 1 saturated heterocycles. The summed E-state index contributed by atoms with van der Waals surface area (Å²) in [7, 11) is 3.83. The van der Waals surface area contributed by atoms with Gasteiger partial charge in [-0.05, 0) is 58.0 Å². The molecule has 0 spiro atoms. The van der Waals surface area contributed by atoms with Crippen molar-refractivity contribution >= 4 is 17.0 Å². The van der Waals surface area contributed by atoms with Crippen molar-refractivity contribution in [1.29, 1.82) is 0 Å². The number of rotatable bonds is 6. The van der Waals surface area contributed by atoms with Crippen LogP contribution in [0.2, 0.25) is 0 Å². The van der Waals surface area contributed by atoms with Gasteiger partial charge in [-0.3, -0.25) is 14.6 Å². The fourth-order valence-corrected chi connectivity index (χ4v) is 3.43. The van der Waals surface area contributed by atoms with Gasteiger partial charge in [0.1, 0.15) is 5.52 Å². The third-order valence-corrected chi connectivity index (χ3v) is 5.23. The lowest BCUT2D eigenvalue weighted by molar-refractivity contribution is -0.122. The molecule has 1 atom stereocenters. The van der Waals surface area contributed by atoms with Crippen LogP contribution < -0.4 is 5.32 Å². The molecule has 1 aliphatic rings. The highest BCUT2D eigenvalue weighted by atomic mass is 16.3. The Balaban J connectivity index is 1.52. The summed E-state index contributed by atoms with van der Waals surface area (Å²) in [5, 5.41) is 2.69. The zero-order chi connectivity index (χ0) is 17.8. The predicted molar refractivity (Wildman–Crippen MR) is 98.3 cm³/mol. The summed E-state index contributed by atoms with van der Waals surface area (Å²) in [6, 6.07) is 8.04. The fraction of sp³-hybridized carbons (Fsp3) is 0.579. The summed E-state index contributed by atoms with van der Waals surface area (Å²) in [5.41, 5.74) is 1.76. The zero-order valence-corrected chi connectivity index (χ0v) is 15.4. The molecule has 0 unspecified atom stereocenters. The van der Waals surface area contributed by atoms with Crippen molar-refractivity contribution in [3.63, 3.8) is 0 Å². The van der Waals surface area contributed by atoms with Crippen molar-refractivity contribution in [1.82, 2.24) is 20.1 Å². The Morgan fingerprint density at radius 2 is 2.12 bits per heavy atom. The minimum absolute atomic E-state index is 0.0974. The highest BCUT2D eigenvalue weighted by Crippen LogP contribution is 2.26. The number of oxazole rings is 1. The van der Waals surface area contributed by atoms with Gasteiger partial charge in [-0.25, -0.2) is 4.98 Å². The van der Waals surface area contributed by atoms with Gasteiger partial charge in [-0.1, -0.05) is 12.1 Å². The average molecular weight is 344 g/mol. The standard InChI is InChI=1S/C19H28N4O2/c1-14(19-21-16-6-4-5-7-17(16)25-19)22(3)12-15-8-10-23(11-9-15)13-18(24)20-2/h4-7,14-15H,8-13H2,1-3H3,(H,20,24)/t14-/m1/s1. The Bertz CT molecular complexity index is 673. The average Bonchev–Trinajstić information content (AvgIpc) is 3.06. The van der Waals surface area contributed by atoms with Crippen molar-refractivity contribution in [2.45, 2.75) is 25.8 Å². The Labute approximate surface area is 149 Å². The molecule has 1 fully saturated rings. The second kappa shape index (κ2) is 7.97. The molecule has 3 rings (SSSR count). The number of hydrogen-bond acceptors (Lipinski definition) is 5. The molecule has 0 radical (unpaired) electrons. The lowest BCUT2D eigenvalue weighted by Crippen LogP contribution is -2.42. The van der Waals surface area contributed by atoms with Crippen LogP contribution >= 0.6 is 0 Å². The van der Waals surface area contributed by atoms with Gasteiger partial charge >= 0.3 is 0 Å². The van der Waals surface area contributed by atoms with E-state index in [4.69, 9.17) is 4.42 Å². The van der Waals surface area contributed by atoms with E-state index in [9.17, 15) is 4.79 Å². The quantitative estimate of drug-likeness (QED) is 0.871. The Hall–Kier alpha value is -1.92. The molecule has 6 heteroatoms. The van der Waals surface area contributed by atoms with Crippen molar-refractivity contribution in [2.75, 3.05) is 40.3 Å². The van der Waals surface area contributed by atoms with Crippen molar-refractivity contribution in [3.05, 3.63) is 30.2 Å². The number of benzene rings is 1. The molecule has 6 nitrogen and oxygen atoms in total. The first-order valence-electron chi connectivity index (χ1n) is 9.05. The molecule has 25 heavy (non-hydrogen) atoms. The molecule has 1 N–H and O–H groups in total. The molecule has 136 valence electrons. The van der Waals surface area contributed by atoms with Gasteiger partial charge in [0.2, 0.25) is 11.8 Å². The highest BCUT2D eigenvalue weighted by molar-refractivity contribution is 5.77. The molecule has 0 saturated carbocycles. The van der Waals surface area contributed by atoms with Gasteiger partial charge in [0.15, 0.2) is 5.58 Å². The topological polar surface area (TPSA) is 61.6 Å². The van der Waals surface area contributed by atoms with E-state index in [1.807, 2.05) is 24.3 Å². The van der Waals surface area contributed by atoms with Crippen LogP contribution in [0.25, 0.3) is 11.1 Å². The first kappa shape index (κ1) is 17.9. The second-order valence-electron chi connectivity index (χ2n) is 7.03. The van der Waals surface area contributed by atoms with Gasteiger partial charge in [0.25, 0.3) is 0 Å². The van der Waals surface area contributed by atoms with Crippen LogP contribution in [-0.4, -0.2) is 61.0 Å². The van der Waals surface area contributed by atoms with Crippen LogP contribution in [0.1, 0.15) is 31.7 Å². The number of aromatic nitrogens is 1. The summed E-state index contributed by atoms with van der Waals surface area (Å²) in [6.07, 6.45) is 2.25. The van der Waals surface area contributed by atoms with E-state index in [1.165, 1.54) is 0 Å². The summed E-state index contributed by atoms with van der Waals surface area (Å²) < 4.78 is 5.91. The Kier molecular flexibility index (Phi) is 5.71. The fourth-order valence-electron chi connectivity index (χ4n) is 3.43. The van der Waals surface area contributed by atoms with Crippen LogP contribution in [0.5, 0.6) is 0 Å². The third kappa shape index (κ3) is 4.38. The maximum atomic E-state index is 11.5. The normalized spacial score (nSPS) is 17.9. The molecule has 1 aliphatic heterocycles. The molecule has 0 aliphatic carbocycles. The number of likely N-dealkylation sites (tertiary alicyclic amines) is 1. The second-order valence-corrected chi connectivity index (χ2v) is 7.03. The first-order chi connectivity index (χ1) is 12.1. The van der Waals surface area contributed by atoms with Crippen LogP contribution in [0.3, 0.4) is 0 Å². The van der Waals surface area contributed by atoms with E-state index in [0.717, 1.165) is 49.5 Å². The largest absolute Gasteiger partial charge is 0.439 e. The van der Waals surface area contributed by atoms with Crippen LogP contribution in [0, 0.1) is 5.92 Å². The molecular formula is C19H28N4O2. The number of nitrogens with zero attached hydrogens (tertiary/aromatic N) is 3. The number of likely N-dealkylation sites (N-methyl/N-ethyl adjacent to an activating group) is 1. The predicted octanol–water partition coefficient (Wildman–Crippen LogP) is 2.28. The van der Waals surface area contributed by atoms with E-state index < -0.39 is 0 Å². The van der Waals surface area contributed by atoms with Crippen LogP contribution in [0.4, 0.5) is 0 Å². The molecule has 2 aromatic rings. The number of hydrogen-bond donors (Lipinski definition) is 1. The monoisotopic (exact) mass is 344 g/mol. The summed E-state index contributed by atoms with van der Waals surface area (Å²) in [4.78, 5) is 20.7. The zero-order valence-electron chi connectivity index (χ0n) is 15.4. The van der Waals surface area contributed by atoms with Crippen molar-refractivity contribution in [2.24, 2.45) is 5.92 Å². The molecule has 0 bridgehead atoms. The summed E-state index contributed by atoms with van der Waals surface area (Å²) >= 11 is 0. The lowest BCUT2D eigenvalue weighted by atomic mass is 9.96. The molecule has 1 amide bonds. The van der Waals surface area contributed by atoms with Crippen LogP contribution in [0.15, 0.2) is 28.7 Å². The SMILES string of the molecule is CNC(=O)CN1CCC(CN(C)[C@H](C)c2nc3ccccc3o2)CC1. The molecule has 1 aromatic heterocycles. The smallest absolute Gasteiger partial charge is 0.233 e. The number of carbonyl (C=O) groups is 1. The van der Waals surface area contributed by atoms with E-state index in [1.54, 1.807) is 7.05 Å². The number of fused-ring (bicyclic) bond motifs is 1. The van der Waals surface area contributed by atoms with E-state index in [0.29, 0.717) is 12.5 Å². The molecule has 1 aromatic carbocycles. The first-order valence-corrected chi connectivity index (χ1v) is 9.05. The number of piperidine rings is 1. The summed E-state index contributed by atoms with van der Waals surface area (Å²) in [5.74, 6) is 1.53. The number of nitrogens with one attached hydrogen (secondary N) is 1. The number of amides is 1. The maximum absolute atomic E-state index is 11.5. The Morgan fingerprint density at radius 3 is 2.80 bits per heavy atom. The Morgan fingerprint density at radius 1 is 1.40 bits per heavy atom. The molecular weight excluding hydrogens is 316 g/mol. The molecule has 2 heterocycles. The van der Waals surface area contributed by atoms with Crippen LogP contribution in [-0.2, 0) is 4.79 Å². The van der Waals surface area contributed by atoms with Gasteiger partial charge in [0, 0.05) is 13.6 Å². The van der Waals surface area contributed by atoms with Gasteiger partial charge in [-0.15, -0.1) is 0 Å². The number of para-hydroxylation sites is 2. The van der Waals surface area contributed by atoms with Gasteiger partial charge < -0.3 is 9.73 Å². The summed E-state index contributed by atoms with van der Waals surface area (Å²) in [6.45, 7) is 5.66. The van der Waals surface area contributed by atoms with Gasteiger partial charge in [-0.2, -0.15) is 0 Å². The third-order valence-electron chi connectivity index (χ3n) is 5.23. The van der Waals surface area contributed by atoms with E-state index in [2.05, 4.69) is 34.1 Å². The van der Waals surface area contributed by atoms with E-state index >= 15 is 0 Å². The van der Waals surface area contributed by atoms with Gasteiger partial charge in [0.05, 0.1) is 12.6 Å². The lowest BCUT2D eigenvalue weighted by Gasteiger charge is -2.34. The van der Waals surface area contributed by atoms with E-state index in [-0.39, 0.29) is 11.9 Å². The minimum Gasteiger partial charge on any atom is -0.439 e. The van der Waals surface area contributed by atoms with Crippen molar-refractivity contribution in [3.8, 4) is 0 Å². The highest BCUT2D eigenvalue weighted by Gasteiger charge is 2.25.